The third kappa shape index (κ3) is 3.19. The summed E-state index contributed by atoms with van der Waals surface area (Å²) in [4.78, 5) is 25.4. The lowest BCUT2D eigenvalue weighted by Crippen LogP contribution is -2.59. The maximum Gasteiger partial charge on any atom is 0.248 e. The summed E-state index contributed by atoms with van der Waals surface area (Å²) in [5, 5.41) is 3.31. The second-order valence-electron chi connectivity index (χ2n) is 4.98. The number of nitrogens with one attached hydrogen (secondary N) is 1. The van der Waals surface area contributed by atoms with E-state index in [0.717, 1.165) is 25.8 Å². The highest BCUT2D eigenvalue weighted by atomic mass is 35.5. The maximum atomic E-state index is 12.6. The van der Waals surface area contributed by atoms with Crippen LogP contribution < -0.4 is 11.1 Å². The van der Waals surface area contributed by atoms with Crippen LogP contribution in [0.5, 0.6) is 0 Å². The van der Waals surface area contributed by atoms with Crippen LogP contribution in [0.1, 0.15) is 26.2 Å². The first-order valence-corrected chi connectivity index (χ1v) is 6.54. The molecule has 2 saturated heterocycles. The number of primary amides is 1. The van der Waals surface area contributed by atoms with Gasteiger partial charge in [0.05, 0.1) is 18.7 Å². The lowest BCUT2D eigenvalue weighted by atomic mass is 9.92. The summed E-state index contributed by atoms with van der Waals surface area (Å²) >= 11 is 0. The molecule has 0 aromatic rings. The van der Waals surface area contributed by atoms with Crippen molar-refractivity contribution < 1.29 is 14.3 Å². The van der Waals surface area contributed by atoms with Crippen molar-refractivity contribution in [3.63, 3.8) is 0 Å². The minimum atomic E-state index is -0.669. The van der Waals surface area contributed by atoms with E-state index in [2.05, 4.69) is 5.32 Å². The van der Waals surface area contributed by atoms with E-state index in [4.69, 9.17) is 10.5 Å². The Balaban J connectivity index is 0.00000180. The van der Waals surface area contributed by atoms with Gasteiger partial charge in [-0.3, -0.25) is 9.59 Å². The normalized spacial score (nSPS) is 30.8. The molecule has 2 rings (SSSR count). The lowest BCUT2D eigenvalue weighted by Gasteiger charge is -2.38. The molecule has 3 N–H and O–H groups in total. The molecule has 0 bridgehead atoms. The molecular weight excluding hydrogens is 270 g/mol. The molecule has 0 radical (unpaired) electrons. The number of hydrogen-bond donors (Lipinski definition) is 2. The summed E-state index contributed by atoms with van der Waals surface area (Å²) in [6.07, 6.45) is 1.98. The van der Waals surface area contributed by atoms with Gasteiger partial charge >= 0.3 is 0 Å². The highest BCUT2D eigenvalue weighted by Crippen LogP contribution is 2.26. The Bertz CT molecular complexity index is 345. The van der Waals surface area contributed by atoms with E-state index >= 15 is 0 Å². The van der Waals surface area contributed by atoms with Crippen LogP contribution in [0, 0.1) is 0 Å². The Morgan fingerprint density at radius 2 is 2.26 bits per heavy atom. The highest BCUT2D eigenvalue weighted by molar-refractivity contribution is 5.88. The summed E-state index contributed by atoms with van der Waals surface area (Å²) in [5.41, 5.74) is 4.79. The standard InChI is InChI=1S/C12H21N3O3.ClH/c1-2-12(4-3-5-14-12)11(17)15-6-7-18-9(8-15)10(13)16;/h9,14H,2-8H2,1H3,(H2,13,16);1H. The van der Waals surface area contributed by atoms with Crippen molar-refractivity contribution >= 4 is 24.2 Å². The number of nitrogens with two attached hydrogens (primary N) is 1. The fraction of sp³-hybridized carbons (Fsp3) is 0.833. The van der Waals surface area contributed by atoms with Gasteiger partial charge in [0.1, 0.15) is 0 Å². The van der Waals surface area contributed by atoms with E-state index in [-0.39, 0.29) is 24.9 Å². The summed E-state index contributed by atoms with van der Waals surface area (Å²) in [5.74, 6) is -0.422. The molecule has 0 saturated carbocycles. The van der Waals surface area contributed by atoms with Gasteiger partial charge in [-0.15, -0.1) is 12.4 Å². The molecule has 110 valence electrons. The fourth-order valence-electron chi connectivity index (χ4n) is 2.75. The molecule has 6 nitrogen and oxygen atoms in total. The number of ether oxygens (including phenoxy) is 1. The van der Waals surface area contributed by atoms with Gasteiger partial charge in [0.25, 0.3) is 0 Å². The van der Waals surface area contributed by atoms with Gasteiger partial charge in [-0.05, 0) is 25.8 Å². The average Bonchev–Trinajstić information content (AvgIpc) is 2.88. The van der Waals surface area contributed by atoms with Crippen molar-refractivity contribution in [1.82, 2.24) is 10.2 Å². The van der Waals surface area contributed by atoms with Crippen molar-refractivity contribution in [2.75, 3.05) is 26.2 Å². The van der Waals surface area contributed by atoms with Gasteiger partial charge in [0, 0.05) is 6.54 Å². The van der Waals surface area contributed by atoms with E-state index in [1.165, 1.54) is 0 Å². The van der Waals surface area contributed by atoms with Gasteiger partial charge in [0.15, 0.2) is 6.10 Å². The molecule has 7 heteroatoms. The second-order valence-corrected chi connectivity index (χ2v) is 4.98. The molecule has 2 aliphatic rings. The molecule has 0 aliphatic carbocycles. The van der Waals surface area contributed by atoms with Crippen LogP contribution in [0.15, 0.2) is 0 Å². The summed E-state index contributed by atoms with van der Waals surface area (Å²) in [6.45, 7) is 4.08. The number of carbonyl (C=O) groups excluding carboxylic acids is 2. The predicted molar refractivity (Wildman–Crippen MR) is 73.0 cm³/mol. The van der Waals surface area contributed by atoms with Crippen molar-refractivity contribution in [3.05, 3.63) is 0 Å². The summed E-state index contributed by atoms with van der Waals surface area (Å²) in [6, 6.07) is 0. The van der Waals surface area contributed by atoms with Gasteiger partial charge in [-0.2, -0.15) is 0 Å². The fourth-order valence-corrected chi connectivity index (χ4v) is 2.75. The molecule has 0 aromatic heterocycles. The van der Waals surface area contributed by atoms with Gasteiger partial charge in [0.2, 0.25) is 11.8 Å². The highest BCUT2D eigenvalue weighted by Gasteiger charge is 2.43. The molecule has 2 amide bonds. The number of amides is 2. The van der Waals surface area contributed by atoms with Gasteiger partial charge in [-0.25, -0.2) is 0 Å². The zero-order valence-corrected chi connectivity index (χ0v) is 12.0. The largest absolute Gasteiger partial charge is 0.367 e. The van der Waals surface area contributed by atoms with Crippen LogP contribution in [0.3, 0.4) is 0 Å². The number of morpholine rings is 1. The maximum absolute atomic E-state index is 12.6. The minimum absolute atomic E-state index is 0. The number of carbonyl (C=O) groups is 2. The van der Waals surface area contributed by atoms with E-state index in [9.17, 15) is 9.59 Å². The van der Waals surface area contributed by atoms with E-state index in [1.54, 1.807) is 4.90 Å². The van der Waals surface area contributed by atoms with Crippen LogP contribution in [0.4, 0.5) is 0 Å². The third-order valence-electron chi connectivity index (χ3n) is 3.93. The van der Waals surface area contributed by atoms with E-state index in [1.807, 2.05) is 6.92 Å². The third-order valence-corrected chi connectivity index (χ3v) is 3.93. The Morgan fingerprint density at radius 3 is 2.79 bits per heavy atom. The van der Waals surface area contributed by atoms with Crippen LogP contribution in [-0.2, 0) is 14.3 Å². The molecule has 2 aliphatic heterocycles. The summed E-state index contributed by atoms with van der Waals surface area (Å²) < 4.78 is 5.26. The van der Waals surface area contributed by atoms with Gasteiger partial charge in [-0.1, -0.05) is 6.92 Å². The quantitative estimate of drug-likeness (QED) is 0.745. The van der Waals surface area contributed by atoms with Crippen molar-refractivity contribution in [1.29, 1.82) is 0 Å². The van der Waals surface area contributed by atoms with Crippen molar-refractivity contribution in [3.8, 4) is 0 Å². The smallest absolute Gasteiger partial charge is 0.248 e. The lowest BCUT2D eigenvalue weighted by molar-refractivity contribution is -0.150. The monoisotopic (exact) mass is 291 g/mol. The number of rotatable bonds is 3. The Kier molecular flexibility index (Phi) is 5.58. The molecule has 2 atom stereocenters. The van der Waals surface area contributed by atoms with Crippen LogP contribution >= 0.6 is 12.4 Å². The Hall–Kier alpha value is -0.850. The number of halogens is 1. The topological polar surface area (TPSA) is 84.7 Å². The van der Waals surface area contributed by atoms with Crippen LogP contribution in [0.2, 0.25) is 0 Å². The van der Waals surface area contributed by atoms with Crippen molar-refractivity contribution in [2.45, 2.75) is 37.8 Å². The Labute approximate surface area is 119 Å². The molecule has 2 unspecified atom stereocenters. The molecule has 0 aromatic carbocycles. The average molecular weight is 292 g/mol. The molecule has 19 heavy (non-hydrogen) atoms. The number of nitrogens with zero attached hydrogens (tertiary/aromatic N) is 1. The van der Waals surface area contributed by atoms with Crippen LogP contribution in [0.25, 0.3) is 0 Å². The van der Waals surface area contributed by atoms with Gasteiger partial charge < -0.3 is 20.7 Å². The van der Waals surface area contributed by atoms with Crippen molar-refractivity contribution in [2.24, 2.45) is 5.73 Å². The molecule has 2 heterocycles. The summed E-state index contributed by atoms with van der Waals surface area (Å²) in [7, 11) is 0. The first kappa shape index (κ1) is 16.2. The van der Waals surface area contributed by atoms with E-state index < -0.39 is 17.6 Å². The minimum Gasteiger partial charge on any atom is -0.367 e. The first-order chi connectivity index (χ1) is 8.59. The second kappa shape index (κ2) is 6.54. The predicted octanol–water partition coefficient (Wildman–Crippen LogP) is -0.347. The number of hydrogen-bond acceptors (Lipinski definition) is 4. The zero-order valence-electron chi connectivity index (χ0n) is 11.2. The SMILES string of the molecule is CCC1(C(=O)N2CCOC(C(N)=O)C2)CCCN1.Cl. The molecule has 0 spiro atoms. The van der Waals surface area contributed by atoms with Crippen LogP contribution in [-0.4, -0.2) is 54.6 Å². The Morgan fingerprint density at radius 1 is 1.53 bits per heavy atom. The first-order valence-electron chi connectivity index (χ1n) is 6.54. The molecule has 2 fully saturated rings. The molecular formula is C12H22ClN3O3. The zero-order chi connectivity index (χ0) is 13.2. The van der Waals surface area contributed by atoms with E-state index in [0.29, 0.717) is 13.2 Å².